The van der Waals surface area contributed by atoms with Gasteiger partial charge in [-0.25, -0.2) is 0 Å². The van der Waals surface area contributed by atoms with Crippen LogP contribution >= 0.6 is 0 Å². The van der Waals surface area contributed by atoms with Crippen LogP contribution < -0.4 is 10.6 Å². The molecule has 2 amide bonds. The summed E-state index contributed by atoms with van der Waals surface area (Å²) in [6, 6.07) is 1.35. The van der Waals surface area contributed by atoms with Gasteiger partial charge in [0.2, 0.25) is 11.8 Å². The molecule has 0 bridgehead atoms. The number of rotatable bonds is 11. The predicted octanol–water partition coefficient (Wildman–Crippen LogP) is 9.23. The number of amides is 2. The van der Waals surface area contributed by atoms with Crippen LogP contribution in [-0.2, 0) is 9.59 Å². The summed E-state index contributed by atoms with van der Waals surface area (Å²) in [5.41, 5.74) is 2.33. The van der Waals surface area contributed by atoms with E-state index in [0.717, 1.165) is 76.3 Å². The molecule has 2 heterocycles. The van der Waals surface area contributed by atoms with Crippen LogP contribution in [0.15, 0.2) is 60.4 Å². The molecule has 1 atom stereocenters. The first kappa shape index (κ1) is 44.4. The smallest absolute Gasteiger partial charge is 0.225 e. The van der Waals surface area contributed by atoms with E-state index in [1.54, 1.807) is 0 Å². The fourth-order valence-corrected chi connectivity index (χ4v) is 5.61. The Morgan fingerprint density at radius 3 is 1.77 bits per heavy atom. The molecule has 270 valence electrons. The van der Waals surface area contributed by atoms with Crippen LogP contribution in [0.5, 0.6) is 0 Å². The summed E-state index contributed by atoms with van der Waals surface area (Å²) in [7, 11) is 0. The lowest BCUT2D eigenvalue weighted by Crippen LogP contribution is -2.49. The zero-order valence-corrected chi connectivity index (χ0v) is 32.4. The van der Waals surface area contributed by atoms with Crippen molar-refractivity contribution >= 4 is 11.8 Å². The highest BCUT2D eigenvalue weighted by Gasteiger charge is 2.31. The van der Waals surface area contributed by atoms with Crippen molar-refractivity contribution in [1.82, 2.24) is 20.4 Å². The summed E-state index contributed by atoms with van der Waals surface area (Å²) in [5, 5.41) is 7.13. The highest BCUT2D eigenvalue weighted by Crippen LogP contribution is 2.29. The lowest BCUT2D eigenvalue weighted by atomic mass is 9.84. The van der Waals surface area contributed by atoms with Crippen molar-refractivity contribution in [3.05, 3.63) is 60.4 Å². The molecule has 1 saturated carbocycles. The Balaban J connectivity index is 0.000000788. The van der Waals surface area contributed by atoms with Gasteiger partial charge in [-0.15, -0.1) is 0 Å². The molecule has 47 heavy (non-hydrogen) atoms. The Labute approximate surface area is 291 Å². The zero-order chi connectivity index (χ0) is 35.8. The maximum Gasteiger partial charge on any atom is 0.225 e. The minimum Gasteiger partial charge on any atom is -0.383 e. The molecule has 3 fully saturated rings. The summed E-state index contributed by atoms with van der Waals surface area (Å²) < 4.78 is 0. The van der Waals surface area contributed by atoms with Gasteiger partial charge in [0.15, 0.2) is 0 Å². The molecule has 0 aromatic carbocycles. The molecule has 1 unspecified atom stereocenters. The lowest BCUT2D eigenvalue weighted by Gasteiger charge is -2.37. The van der Waals surface area contributed by atoms with E-state index in [1.165, 1.54) is 12.0 Å². The van der Waals surface area contributed by atoms with Gasteiger partial charge in [0.1, 0.15) is 0 Å². The van der Waals surface area contributed by atoms with E-state index in [9.17, 15) is 9.59 Å². The topological polar surface area (TPSA) is 64.7 Å². The minimum absolute atomic E-state index is 0.264. The van der Waals surface area contributed by atoms with Crippen LogP contribution in [0.1, 0.15) is 128 Å². The fourth-order valence-electron chi connectivity index (χ4n) is 5.61. The van der Waals surface area contributed by atoms with E-state index in [4.69, 9.17) is 0 Å². The normalized spacial score (nSPS) is 18.7. The van der Waals surface area contributed by atoms with Crippen molar-refractivity contribution in [2.45, 2.75) is 146 Å². The van der Waals surface area contributed by atoms with Crippen LogP contribution in [0, 0.1) is 17.8 Å². The molecule has 1 aliphatic carbocycles. The van der Waals surface area contributed by atoms with Gasteiger partial charge in [-0.1, -0.05) is 105 Å². The molecular weight excluding hydrogens is 580 g/mol. The summed E-state index contributed by atoms with van der Waals surface area (Å²) in [6.07, 6.45) is 22.8. The number of nitrogens with zero attached hydrogens (tertiary/aromatic N) is 2. The predicted molar refractivity (Wildman–Crippen MR) is 205 cm³/mol. The fraction of sp³-hybridized carbons (Fsp3) is 0.707. The molecule has 2 N–H and O–H groups in total. The molecule has 3 rings (SSSR count). The number of likely N-dealkylation sites (tertiary alicyclic amines) is 2. The number of hydrogen-bond acceptors (Lipinski definition) is 4. The molecule has 0 spiro atoms. The number of carbonyl (C=O) groups excluding carboxylic acids is 2. The monoisotopic (exact) mass is 655 g/mol. The van der Waals surface area contributed by atoms with Crippen molar-refractivity contribution in [3.63, 3.8) is 0 Å². The highest BCUT2D eigenvalue weighted by molar-refractivity contribution is 5.79. The molecule has 0 radical (unpaired) electrons. The first-order chi connectivity index (χ1) is 22.4. The number of hydrogen-bond donors (Lipinski definition) is 2. The van der Waals surface area contributed by atoms with Crippen LogP contribution in [0.2, 0.25) is 0 Å². The first-order valence-corrected chi connectivity index (χ1v) is 18.8. The maximum atomic E-state index is 12.3. The van der Waals surface area contributed by atoms with Gasteiger partial charge in [-0.05, 0) is 82.8 Å². The standard InChI is InChI=1S/C20H34N2O.C15H24N2O.C4H10.C2H6/c1-5-7-18(15(2)3)14-16(4)21-19-10-12-22(13-11-19)20(23)17-8-6-9-17;1-4-6-7-8-13(3)16-14-9-11-17(12-10-14)15(18)5-2;1-4(2)3;1-2/h5,7,14-17,19,21H,6,8-13H2,1-4H3;4,6-8,14,16H,3,5,9-12H2,1-2H3;4H,1-3H3;1-2H3/b7-5-,18-14+;6-4-,8-7-;;. The number of nitrogens with one attached hydrogen (secondary N) is 2. The summed E-state index contributed by atoms with van der Waals surface area (Å²) in [6.45, 7) is 30.7. The second-order valence-corrected chi connectivity index (χ2v) is 13.8. The van der Waals surface area contributed by atoms with E-state index in [2.05, 4.69) is 88.8 Å². The SMILES string of the molecule is C/C=C\C(=C/C(C)NC1CCN(C(=O)C2CCC2)CC1)C(C)C.C=C(/C=C\C=C/C)NC1CCN(C(=O)CC)CC1.CC.CC(C)C. The van der Waals surface area contributed by atoms with Crippen molar-refractivity contribution in [2.75, 3.05) is 26.2 Å². The molecule has 6 heteroatoms. The number of allylic oxidation sites excluding steroid dienone is 7. The van der Waals surface area contributed by atoms with Crippen LogP contribution in [0.25, 0.3) is 0 Å². The van der Waals surface area contributed by atoms with E-state index in [-0.39, 0.29) is 5.91 Å². The van der Waals surface area contributed by atoms with Gasteiger partial charge < -0.3 is 20.4 Å². The minimum atomic E-state index is 0.264. The highest BCUT2D eigenvalue weighted by atomic mass is 16.2. The third-order valence-electron chi connectivity index (χ3n) is 8.37. The third-order valence-corrected chi connectivity index (χ3v) is 8.37. The Morgan fingerprint density at radius 1 is 0.787 bits per heavy atom. The molecule has 3 aliphatic rings. The second-order valence-electron chi connectivity index (χ2n) is 13.8. The summed E-state index contributed by atoms with van der Waals surface area (Å²) >= 11 is 0. The lowest BCUT2D eigenvalue weighted by molar-refractivity contribution is -0.139. The van der Waals surface area contributed by atoms with Crippen LogP contribution in [-0.4, -0.2) is 65.9 Å². The van der Waals surface area contributed by atoms with Crippen molar-refractivity contribution in [2.24, 2.45) is 17.8 Å². The largest absolute Gasteiger partial charge is 0.383 e. The average Bonchev–Trinajstić information content (AvgIpc) is 3.01. The Bertz CT molecular complexity index is 971. The molecule has 0 aromatic heterocycles. The van der Waals surface area contributed by atoms with Gasteiger partial charge in [-0.3, -0.25) is 9.59 Å². The van der Waals surface area contributed by atoms with Crippen LogP contribution in [0.3, 0.4) is 0 Å². The first-order valence-electron chi connectivity index (χ1n) is 18.8. The molecule has 0 aromatic rings. The number of piperidine rings is 2. The third kappa shape index (κ3) is 19.7. The Hall–Kier alpha value is -2.60. The van der Waals surface area contributed by atoms with Crippen molar-refractivity contribution < 1.29 is 9.59 Å². The van der Waals surface area contributed by atoms with Crippen molar-refractivity contribution in [3.8, 4) is 0 Å². The van der Waals surface area contributed by atoms with E-state index in [0.29, 0.717) is 42.3 Å². The maximum absolute atomic E-state index is 12.3. The van der Waals surface area contributed by atoms with Gasteiger partial charge >= 0.3 is 0 Å². The molecule has 2 saturated heterocycles. The second kappa shape index (κ2) is 26.4. The quantitative estimate of drug-likeness (QED) is 0.218. The van der Waals surface area contributed by atoms with Crippen molar-refractivity contribution in [1.29, 1.82) is 0 Å². The van der Waals surface area contributed by atoms with Gasteiger partial charge in [0, 0.05) is 62.3 Å². The molecule has 2 aliphatic heterocycles. The van der Waals surface area contributed by atoms with Gasteiger partial charge in [0.05, 0.1) is 0 Å². The van der Waals surface area contributed by atoms with E-state index < -0.39 is 0 Å². The Morgan fingerprint density at radius 2 is 1.32 bits per heavy atom. The van der Waals surface area contributed by atoms with Gasteiger partial charge in [0.25, 0.3) is 0 Å². The van der Waals surface area contributed by atoms with Crippen LogP contribution in [0.4, 0.5) is 0 Å². The zero-order valence-electron chi connectivity index (χ0n) is 32.4. The Kier molecular flexibility index (Phi) is 24.9. The van der Waals surface area contributed by atoms with E-state index >= 15 is 0 Å². The van der Waals surface area contributed by atoms with Gasteiger partial charge in [-0.2, -0.15) is 0 Å². The summed E-state index contributed by atoms with van der Waals surface area (Å²) in [5.74, 6) is 2.41. The van der Waals surface area contributed by atoms with E-state index in [1.807, 2.05) is 56.9 Å². The summed E-state index contributed by atoms with van der Waals surface area (Å²) in [4.78, 5) is 27.9. The molecule has 6 nitrogen and oxygen atoms in total. The molecular formula is C41H74N4O2. The number of carbonyl (C=O) groups is 2. The average molecular weight is 655 g/mol.